The lowest BCUT2D eigenvalue weighted by atomic mass is 9.87. The van der Waals surface area contributed by atoms with Gasteiger partial charge >= 0.3 is 0 Å². The summed E-state index contributed by atoms with van der Waals surface area (Å²) in [4.78, 5) is 35.6. The van der Waals surface area contributed by atoms with Gasteiger partial charge in [-0.25, -0.2) is 4.98 Å². The molecule has 8 nitrogen and oxygen atoms in total. The van der Waals surface area contributed by atoms with Crippen molar-refractivity contribution in [1.82, 2.24) is 29.8 Å². The molecule has 1 aliphatic rings. The maximum absolute atomic E-state index is 12.5. The van der Waals surface area contributed by atoms with Crippen LogP contribution < -0.4 is 10.9 Å². The summed E-state index contributed by atoms with van der Waals surface area (Å²) in [6, 6.07) is 0. The first-order valence-electron chi connectivity index (χ1n) is 8.93. The Balaban J connectivity index is 1.78. The standard InChI is InChI=1S/C18H28N6O2/c1-10-11(2)20-16-21-13(22-24(16)15(10)26)14(25)19-9-12-8-17(3,4)23(7)18(12,5)6/h12H,8-9H2,1-7H3,(H,19,25)(H,20,21,22). The number of fused-ring (bicyclic) bond motifs is 1. The SMILES string of the molecule is Cc1nc2nc(C(=O)NCC3CC(C)(C)N(C)C3(C)C)[nH]n2c(=O)c1C. The Hall–Kier alpha value is -2.22. The van der Waals surface area contributed by atoms with Gasteiger partial charge in [0.1, 0.15) is 0 Å². The summed E-state index contributed by atoms with van der Waals surface area (Å²) in [5, 5.41) is 5.72. The van der Waals surface area contributed by atoms with Crippen LogP contribution >= 0.6 is 0 Å². The lowest BCUT2D eigenvalue weighted by molar-refractivity contribution is 0.0889. The normalized spacial score (nSPS) is 22.0. The van der Waals surface area contributed by atoms with Crippen molar-refractivity contribution in [3.8, 4) is 0 Å². The topological polar surface area (TPSA) is 95.4 Å². The third-order valence-electron chi connectivity index (χ3n) is 6.21. The molecule has 0 radical (unpaired) electrons. The van der Waals surface area contributed by atoms with Gasteiger partial charge in [-0.2, -0.15) is 9.50 Å². The zero-order valence-corrected chi connectivity index (χ0v) is 16.6. The highest BCUT2D eigenvalue weighted by atomic mass is 16.2. The molecule has 1 unspecified atom stereocenters. The van der Waals surface area contributed by atoms with Crippen LogP contribution in [0.1, 0.15) is 56.0 Å². The largest absolute Gasteiger partial charge is 0.349 e. The van der Waals surface area contributed by atoms with Crippen molar-refractivity contribution >= 4 is 11.7 Å². The molecule has 142 valence electrons. The molecule has 1 saturated heterocycles. The first-order valence-corrected chi connectivity index (χ1v) is 8.93. The Labute approximate surface area is 153 Å². The molecule has 8 heteroatoms. The first-order chi connectivity index (χ1) is 11.9. The highest BCUT2D eigenvalue weighted by molar-refractivity contribution is 5.90. The van der Waals surface area contributed by atoms with Gasteiger partial charge in [0.25, 0.3) is 17.2 Å². The number of rotatable bonds is 3. The number of aromatic amines is 1. The molecule has 1 fully saturated rings. The van der Waals surface area contributed by atoms with Gasteiger partial charge in [-0.15, -0.1) is 0 Å². The monoisotopic (exact) mass is 360 g/mol. The average Bonchev–Trinajstić information content (AvgIpc) is 3.04. The number of hydrogen-bond acceptors (Lipinski definition) is 5. The van der Waals surface area contributed by atoms with Gasteiger partial charge in [-0.05, 0) is 60.9 Å². The van der Waals surface area contributed by atoms with Crippen LogP contribution in [0.25, 0.3) is 5.78 Å². The molecular weight excluding hydrogens is 332 g/mol. The van der Waals surface area contributed by atoms with E-state index in [-0.39, 0.29) is 34.1 Å². The Bertz CT molecular complexity index is 924. The van der Waals surface area contributed by atoms with Crippen molar-refractivity contribution < 1.29 is 4.79 Å². The number of amides is 1. The second kappa shape index (κ2) is 5.90. The van der Waals surface area contributed by atoms with Crippen LogP contribution in [0.4, 0.5) is 0 Å². The Morgan fingerprint density at radius 1 is 1.27 bits per heavy atom. The summed E-state index contributed by atoms with van der Waals surface area (Å²) >= 11 is 0. The number of aromatic nitrogens is 4. The zero-order chi connectivity index (χ0) is 19.4. The van der Waals surface area contributed by atoms with Crippen LogP contribution in [0, 0.1) is 19.8 Å². The molecule has 0 aromatic carbocycles. The van der Waals surface area contributed by atoms with Crippen LogP contribution in [-0.4, -0.2) is 55.1 Å². The minimum absolute atomic E-state index is 0.0165. The number of nitrogens with zero attached hydrogens (tertiary/aromatic N) is 4. The van der Waals surface area contributed by atoms with Gasteiger partial charge < -0.3 is 5.32 Å². The number of carbonyl (C=O) groups is 1. The number of nitrogens with one attached hydrogen (secondary N) is 2. The second-order valence-corrected chi connectivity index (χ2v) is 8.47. The van der Waals surface area contributed by atoms with Gasteiger partial charge in [0.15, 0.2) is 0 Å². The molecule has 1 aliphatic heterocycles. The van der Waals surface area contributed by atoms with Crippen molar-refractivity contribution in [2.75, 3.05) is 13.6 Å². The summed E-state index contributed by atoms with van der Waals surface area (Å²) in [6.45, 7) is 12.9. The molecule has 1 amide bonds. The van der Waals surface area contributed by atoms with Crippen molar-refractivity contribution in [1.29, 1.82) is 0 Å². The fourth-order valence-electron chi connectivity index (χ4n) is 3.87. The van der Waals surface area contributed by atoms with Crippen LogP contribution in [0.2, 0.25) is 0 Å². The van der Waals surface area contributed by atoms with E-state index in [4.69, 9.17) is 0 Å². The summed E-state index contributed by atoms with van der Waals surface area (Å²) in [5.74, 6) is 0.308. The zero-order valence-electron chi connectivity index (χ0n) is 16.6. The quantitative estimate of drug-likeness (QED) is 0.859. The molecule has 1 atom stereocenters. The number of H-pyrrole nitrogens is 1. The first kappa shape index (κ1) is 18.6. The number of likely N-dealkylation sites (tertiary alicyclic amines) is 1. The molecule has 2 aromatic rings. The summed E-state index contributed by atoms with van der Waals surface area (Å²) in [6.07, 6.45) is 0.996. The second-order valence-electron chi connectivity index (χ2n) is 8.47. The van der Waals surface area contributed by atoms with E-state index >= 15 is 0 Å². The Morgan fingerprint density at radius 2 is 1.92 bits per heavy atom. The molecule has 2 aromatic heterocycles. The van der Waals surface area contributed by atoms with Crippen LogP contribution in [0.15, 0.2) is 4.79 Å². The highest BCUT2D eigenvalue weighted by Gasteiger charge is 2.49. The third-order valence-corrected chi connectivity index (χ3v) is 6.21. The van der Waals surface area contributed by atoms with Gasteiger partial charge in [0.2, 0.25) is 5.82 Å². The molecule has 0 aliphatic carbocycles. The maximum atomic E-state index is 12.5. The van der Waals surface area contributed by atoms with Gasteiger partial charge in [0, 0.05) is 28.9 Å². The lowest BCUT2D eigenvalue weighted by Gasteiger charge is -2.38. The highest BCUT2D eigenvalue weighted by Crippen LogP contribution is 2.43. The number of hydrogen-bond donors (Lipinski definition) is 2. The predicted molar refractivity (Wildman–Crippen MR) is 99.4 cm³/mol. The molecular formula is C18H28N6O2. The summed E-state index contributed by atoms with van der Waals surface area (Å²) in [5.41, 5.74) is 0.990. The molecule has 26 heavy (non-hydrogen) atoms. The third kappa shape index (κ3) is 2.82. The molecule has 2 N–H and O–H groups in total. The maximum Gasteiger partial charge on any atom is 0.288 e. The fraction of sp³-hybridized carbons (Fsp3) is 0.667. The summed E-state index contributed by atoms with van der Waals surface area (Å²) in [7, 11) is 2.13. The number of carbonyl (C=O) groups excluding carboxylic acids is 1. The van der Waals surface area contributed by atoms with E-state index in [1.807, 2.05) is 0 Å². The van der Waals surface area contributed by atoms with Crippen LogP contribution in [0.3, 0.4) is 0 Å². The van der Waals surface area contributed by atoms with E-state index in [0.717, 1.165) is 6.42 Å². The fourth-order valence-corrected chi connectivity index (χ4v) is 3.87. The van der Waals surface area contributed by atoms with Gasteiger partial charge in [-0.1, -0.05) is 0 Å². The van der Waals surface area contributed by atoms with E-state index in [1.165, 1.54) is 4.52 Å². The average molecular weight is 360 g/mol. The number of aryl methyl sites for hydroxylation is 1. The van der Waals surface area contributed by atoms with Gasteiger partial charge in [0.05, 0.1) is 0 Å². The van der Waals surface area contributed by atoms with E-state index in [9.17, 15) is 9.59 Å². The molecule has 0 bridgehead atoms. The van der Waals surface area contributed by atoms with Crippen molar-refractivity contribution in [2.24, 2.45) is 5.92 Å². The van der Waals surface area contributed by atoms with E-state index < -0.39 is 0 Å². The smallest absolute Gasteiger partial charge is 0.288 e. The Morgan fingerprint density at radius 3 is 2.50 bits per heavy atom. The molecule has 0 spiro atoms. The van der Waals surface area contributed by atoms with E-state index in [1.54, 1.807) is 13.8 Å². The van der Waals surface area contributed by atoms with Crippen molar-refractivity contribution in [3.05, 3.63) is 27.4 Å². The Kier molecular flexibility index (Phi) is 4.22. The molecule has 3 rings (SSSR count). The minimum Gasteiger partial charge on any atom is -0.349 e. The van der Waals surface area contributed by atoms with Crippen LogP contribution in [0.5, 0.6) is 0 Å². The predicted octanol–water partition coefficient (Wildman–Crippen LogP) is 1.27. The van der Waals surface area contributed by atoms with Gasteiger partial charge in [-0.3, -0.25) is 19.6 Å². The van der Waals surface area contributed by atoms with Crippen LogP contribution in [-0.2, 0) is 0 Å². The summed E-state index contributed by atoms with van der Waals surface area (Å²) < 4.78 is 1.22. The van der Waals surface area contributed by atoms with Crippen molar-refractivity contribution in [3.63, 3.8) is 0 Å². The van der Waals surface area contributed by atoms with E-state index in [0.29, 0.717) is 23.7 Å². The molecule has 0 saturated carbocycles. The van der Waals surface area contributed by atoms with Crippen molar-refractivity contribution in [2.45, 2.75) is 59.0 Å². The lowest BCUT2D eigenvalue weighted by Crippen LogP contribution is -2.48. The molecule has 3 heterocycles. The minimum atomic E-state index is -0.326. The van der Waals surface area contributed by atoms with E-state index in [2.05, 4.69) is 60.0 Å².